The van der Waals surface area contributed by atoms with Crippen LogP contribution in [-0.2, 0) is 16.1 Å². The molecule has 2 saturated heterocycles. The lowest BCUT2D eigenvalue weighted by atomic mass is 9.83. The summed E-state index contributed by atoms with van der Waals surface area (Å²) in [5.41, 5.74) is 0.406. The van der Waals surface area contributed by atoms with Crippen LogP contribution >= 0.6 is 0 Å². The Balaban J connectivity index is 1.58. The van der Waals surface area contributed by atoms with Gasteiger partial charge in [0, 0.05) is 57.4 Å². The maximum absolute atomic E-state index is 13.9. The fourth-order valence-corrected chi connectivity index (χ4v) is 4.25. The van der Waals surface area contributed by atoms with Gasteiger partial charge in [0.1, 0.15) is 11.6 Å². The number of benzene rings is 1. The smallest absolute Gasteiger partial charge is 0.222 e. The van der Waals surface area contributed by atoms with Gasteiger partial charge in [-0.05, 0) is 50.3 Å². The van der Waals surface area contributed by atoms with E-state index in [2.05, 4.69) is 4.90 Å². The molecule has 2 aliphatic rings. The zero-order valence-electron chi connectivity index (χ0n) is 15.4. The van der Waals surface area contributed by atoms with E-state index in [1.54, 1.807) is 0 Å². The van der Waals surface area contributed by atoms with E-state index < -0.39 is 5.82 Å². The third kappa shape index (κ3) is 4.60. The first-order valence-electron chi connectivity index (χ1n) is 9.62. The van der Waals surface area contributed by atoms with Gasteiger partial charge in [0.2, 0.25) is 5.91 Å². The zero-order chi connectivity index (χ0) is 18.5. The number of ether oxygens (including phenoxy) is 1. The second-order valence-corrected chi connectivity index (χ2v) is 7.26. The lowest BCUT2D eigenvalue weighted by Gasteiger charge is -2.47. The number of piperidine rings is 2. The molecule has 4 nitrogen and oxygen atoms in total. The first kappa shape index (κ1) is 19.2. The molecule has 0 aromatic heterocycles. The Hall–Kier alpha value is -1.53. The summed E-state index contributed by atoms with van der Waals surface area (Å²) in [6, 6.07) is 3.90. The highest BCUT2D eigenvalue weighted by molar-refractivity contribution is 5.77. The topological polar surface area (TPSA) is 32.8 Å². The zero-order valence-corrected chi connectivity index (χ0v) is 15.4. The van der Waals surface area contributed by atoms with Gasteiger partial charge >= 0.3 is 0 Å². The summed E-state index contributed by atoms with van der Waals surface area (Å²) in [5, 5.41) is 0. The highest BCUT2D eigenvalue weighted by Gasteiger charge is 2.38. The minimum Gasteiger partial charge on any atom is -0.382 e. The molecule has 0 bridgehead atoms. The molecule has 0 N–H and O–H groups in total. The molecule has 2 fully saturated rings. The van der Waals surface area contributed by atoms with Crippen LogP contribution in [0.2, 0.25) is 0 Å². The molecule has 0 radical (unpaired) electrons. The Bertz CT molecular complexity index is 626. The van der Waals surface area contributed by atoms with Crippen LogP contribution in [0.5, 0.6) is 0 Å². The molecule has 144 valence electrons. The van der Waals surface area contributed by atoms with Crippen LogP contribution in [0.15, 0.2) is 18.2 Å². The summed E-state index contributed by atoms with van der Waals surface area (Å²) in [4.78, 5) is 16.6. The van der Waals surface area contributed by atoms with Crippen molar-refractivity contribution in [2.24, 2.45) is 5.92 Å². The van der Waals surface area contributed by atoms with Gasteiger partial charge in [-0.3, -0.25) is 9.69 Å². The van der Waals surface area contributed by atoms with Crippen LogP contribution in [0.3, 0.4) is 0 Å². The summed E-state index contributed by atoms with van der Waals surface area (Å²) in [6.07, 6.45) is 3.22. The highest BCUT2D eigenvalue weighted by atomic mass is 19.1. The Morgan fingerprint density at radius 1 is 1.27 bits per heavy atom. The number of hydrogen-bond acceptors (Lipinski definition) is 3. The maximum Gasteiger partial charge on any atom is 0.222 e. The summed E-state index contributed by atoms with van der Waals surface area (Å²) in [6.45, 7) is 6.15. The summed E-state index contributed by atoms with van der Waals surface area (Å²) >= 11 is 0. The largest absolute Gasteiger partial charge is 0.382 e. The maximum atomic E-state index is 13.9. The SMILES string of the molecule is CCOCCCN1C(=O)CC[C@@H]2CN(Cc3cc(F)ccc3F)CC[C@@H]21. The number of halogens is 2. The molecule has 2 aliphatic heterocycles. The van der Waals surface area contributed by atoms with Crippen LogP contribution in [-0.4, -0.2) is 54.6 Å². The van der Waals surface area contributed by atoms with E-state index in [1.807, 2.05) is 11.8 Å². The molecule has 0 spiro atoms. The molecular formula is C20H28F2N2O2. The van der Waals surface area contributed by atoms with Crippen LogP contribution in [0.1, 0.15) is 38.2 Å². The number of nitrogens with zero attached hydrogens (tertiary/aromatic N) is 2. The first-order chi connectivity index (χ1) is 12.6. The minimum absolute atomic E-state index is 0.243. The van der Waals surface area contributed by atoms with Crippen molar-refractivity contribution in [1.82, 2.24) is 9.80 Å². The van der Waals surface area contributed by atoms with E-state index >= 15 is 0 Å². The van der Waals surface area contributed by atoms with Gasteiger partial charge in [-0.15, -0.1) is 0 Å². The van der Waals surface area contributed by atoms with Crippen molar-refractivity contribution in [3.63, 3.8) is 0 Å². The van der Waals surface area contributed by atoms with Crippen LogP contribution in [0, 0.1) is 17.6 Å². The van der Waals surface area contributed by atoms with Crippen LogP contribution in [0.25, 0.3) is 0 Å². The van der Waals surface area contributed by atoms with Crippen LogP contribution < -0.4 is 0 Å². The summed E-state index contributed by atoms with van der Waals surface area (Å²) < 4.78 is 32.7. The van der Waals surface area contributed by atoms with Gasteiger partial charge in [0.05, 0.1) is 0 Å². The quantitative estimate of drug-likeness (QED) is 0.695. The lowest BCUT2D eigenvalue weighted by Crippen LogP contribution is -2.56. The molecule has 0 aliphatic carbocycles. The van der Waals surface area contributed by atoms with E-state index in [0.29, 0.717) is 37.7 Å². The minimum atomic E-state index is -0.403. The van der Waals surface area contributed by atoms with E-state index in [4.69, 9.17) is 4.74 Å². The van der Waals surface area contributed by atoms with Gasteiger partial charge in [-0.25, -0.2) is 8.78 Å². The second-order valence-electron chi connectivity index (χ2n) is 7.26. The van der Waals surface area contributed by atoms with Crippen molar-refractivity contribution in [3.05, 3.63) is 35.4 Å². The van der Waals surface area contributed by atoms with Gasteiger partial charge < -0.3 is 9.64 Å². The van der Waals surface area contributed by atoms with E-state index in [1.165, 1.54) is 12.1 Å². The Kier molecular flexibility index (Phi) is 6.59. The average molecular weight is 366 g/mol. The summed E-state index contributed by atoms with van der Waals surface area (Å²) in [5.74, 6) is -0.109. The average Bonchev–Trinajstić information content (AvgIpc) is 2.63. The van der Waals surface area contributed by atoms with Gasteiger partial charge in [-0.1, -0.05) is 0 Å². The number of carbonyl (C=O) groups excluding carboxylic acids is 1. The number of likely N-dealkylation sites (tertiary alicyclic amines) is 2. The predicted molar refractivity (Wildman–Crippen MR) is 95.6 cm³/mol. The standard InChI is InChI=1S/C20H28F2N2O2/c1-2-26-11-3-9-24-19-8-10-23(13-15(19)4-7-20(24)25)14-16-12-17(21)5-6-18(16)22/h5-6,12,15,19H,2-4,7-11,13-14H2,1H3/t15-,19+/m1/s1. The fraction of sp³-hybridized carbons (Fsp3) is 0.650. The Morgan fingerprint density at radius 2 is 2.12 bits per heavy atom. The number of amides is 1. The van der Waals surface area contributed by atoms with Gasteiger partial charge in [-0.2, -0.15) is 0 Å². The molecule has 1 amide bonds. The molecule has 26 heavy (non-hydrogen) atoms. The lowest BCUT2D eigenvalue weighted by molar-refractivity contribution is -0.141. The Morgan fingerprint density at radius 3 is 2.92 bits per heavy atom. The van der Waals surface area contributed by atoms with Gasteiger partial charge in [0.25, 0.3) is 0 Å². The predicted octanol–water partition coefficient (Wildman–Crippen LogP) is 3.20. The molecule has 2 atom stereocenters. The van der Waals surface area contributed by atoms with E-state index in [9.17, 15) is 13.6 Å². The normalized spacial score (nSPS) is 24.0. The molecule has 0 unspecified atom stereocenters. The monoisotopic (exact) mass is 366 g/mol. The molecule has 0 saturated carbocycles. The third-order valence-corrected chi connectivity index (χ3v) is 5.52. The van der Waals surface area contributed by atoms with Crippen molar-refractivity contribution in [2.45, 2.75) is 45.2 Å². The molecule has 2 heterocycles. The molecule has 1 aromatic rings. The van der Waals surface area contributed by atoms with Crippen molar-refractivity contribution in [1.29, 1.82) is 0 Å². The number of carbonyl (C=O) groups is 1. The molecule has 1 aromatic carbocycles. The summed E-state index contributed by atoms with van der Waals surface area (Å²) in [7, 11) is 0. The van der Waals surface area contributed by atoms with Crippen molar-refractivity contribution in [3.8, 4) is 0 Å². The highest BCUT2D eigenvalue weighted by Crippen LogP contribution is 2.32. The fourth-order valence-electron chi connectivity index (χ4n) is 4.25. The van der Waals surface area contributed by atoms with Gasteiger partial charge in [0.15, 0.2) is 0 Å². The Labute approximate surface area is 154 Å². The van der Waals surface area contributed by atoms with E-state index in [-0.39, 0.29) is 17.8 Å². The first-order valence-corrected chi connectivity index (χ1v) is 9.62. The number of hydrogen-bond donors (Lipinski definition) is 0. The third-order valence-electron chi connectivity index (χ3n) is 5.52. The van der Waals surface area contributed by atoms with Crippen molar-refractivity contribution in [2.75, 3.05) is 32.8 Å². The number of fused-ring (bicyclic) bond motifs is 1. The van der Waals surface area contributed by atoms with Crippen molar-refractivity contribution < 1.29 is 18.3 Å². The van der Waals surface area contributed by atoms with Crippen molar-refractivity contribution >= 4 is 5.91 Å². The van der Waals surface area contributed by atoms with Crippen LogP contribution in [0.4, 0.5) is 8.78 Å². The number of rotatable bonds is 7. The molecule has 6 heteroatoms. The molecule has 3 rings (SSSR count). The second kappa shape index (κ2) is 8.91. The molecular weight excluding hydrogens is 338 g/mol. The van der Waals surface area contributed by atoms with E-state index in [0.717, 1.165) is 45.0 Å².